The maximum Gasteiger partial charge on any atom is 0.227 e. The van der Waals surface area contributed by atoms with Gasteiger partial charge in [0.25, 0.3) is 0 Å². The van der Waals surface area contributed by atoms with Crippen molar-refractivity contribution >= 4 is 9.84 Å². The standard InChI is InChI=1S/C15H18N2O3S/c1-10-3-4-13(7-11(10)2)15-16-14(20-17-15)8-12-5-6-21(18,19)9-12/h3-4,7,12H,5-6,8-9H2,1-2H3/t12-/m1/s1. The Balaban J connectivity index is 1.76. The topological polar surface area (TPSA) is 73.1 Å². The number of sulfone groups is 1. The zero-order valence-electron chi connectivity index (χ0n) is 12.2. The van der Waals surface area contributed by atoms with Gasteiger partial charge in [-0.05, 0) is 43.4 Å². The predicted molar refractivity (Wildman–Crippen MR) is 79.7 cm³/mol. The molecular formula is C15H18N2O3S. The average Bonchev–Trinajstić information content (AvgIpc) is 3.00. The van der Waals surface area contributed by atoms with Crippen LogP contribution in [0.4, 0.5) is 0 Å². The smallest absolute Gasteiger partial charge is 0.227 e. The van der Waals surface area contributed by atoms with Crippen molar-refractivity contribution < 1.29 is 12.9 Å². The van der Waals surface area contributed by atoms with Crippen LogP contribution in [0.15, 0.2) is 22.7 Å². The van der Waals surface area contributed by atoms with Gasteiger partial charge in [-0.3, -0.25) is 0 Å². The van der Waals surface area contributed by atoms with Crippen LogP contribution in [0.25, 0.3) is 11.4 Å². The summed E-state index contributed by atoms with van der Waals surface area (Å²) in [5.74, 6) is 1.69. The molecule has 1 aromatic heterocycles. The van der Waals surface area contributed by atoms with Gasteiger partial charge in [0.2, 0.25) is 11.7 Å². The van der Waals surface area contributed by atoms with Crippen LogP contribution in [-0.2, 0) is 16.3 Å². The number of rotatable bonds is 3. The molecule has 112 valence electrons. The molecule has 0 N–H and O–H groups in total. The fourth-order valence-corrected chi connectivity index (χ4v) is 4.48. The number of aromatic nitrogens is 2. The molecule has 5 nitrogen and oxygen atoms in total. The second kappa shape index (κ2) is 5.26. The molecule has 6 heteroatoms. The van der Waals surface area contributed by atoms with Crippen LogP contribution < -0.4 is 0 Å². The maximum absolute atomic E-state index is 11.5. The van der Waals surface area contributed by atoms with Crippen LogP contribution in [0.5, 0.6) is 0 Å². The average molecular weight is 306 g/mol. The molecule has 0 saturated carbocycles. The molecule has 0 aliphatic carbocycles. The lowest BCUT2D eigenvalue weighted by atomic mass is 10.1. The van der Waals surface area contributed by atoms with Gasteiger partial charge >= 0.3 is 0 Å². The van der Waals surface area contributed by atoms with Crippen molar-refractivity contribution in [1.82, 2.24) is 10.1 Å². The third-order valence-electron chi connectivity index (χ3n) is 4.02. The Morgan fingerprint density at radius 3 is 2.76 bits per heavy atom. The summed E-state index contributed by atoms with van der Waals surface area (Å²) < 4.78 is 28.2. The lowest BCUT2D eigenvalue weighted by Gasteiger charge is -2.02. The first-order valence-electron chi connectivity index (χ1n) is 7.03. The zero-order valence-corrected chi connectivity index (χ0v) is 13.0. The van der Waals surface area contributed by atoms with Crippen LogP contribution in [0, 0.1) is 19.8 Å². The van der Waals surface area contributed by atoms with Gasteiger partial charge in [0.15, 0.2) is 9.84 Å². The van der Waals surface area contributed by atoms with Crippen molar-refractivity contribution in [3.8, 4) is 11.4 Å². The van der Waals surface area contributed by atoms with E-state index < -0.39 is 9.84 Å². The first kappa shape index (κ1) is 14.3. The summed E-state index contributed by atoms with van der Waals surface area (Å²) in [6.45, 7) is 4.10. The van der Waals surface area contributed by atoms with E-state index in [9.17, 15) is 8.42 Å². The number of aryl methyl sites for hydroxylation is 2. The Bertz CT molecular complexity index is 765. The van der Waals surface area contributed by atoms with Crippen LogP contribution in [-0.4, -0.2) is 30.1 Å². The Morgan fingerprint density at radius 2 is 2.10 bits per heavy atom. The highest BCUT2D eigenvalue weighted by Crippen LogP contribution is 2.24. The van der Waals surface area contributed by atoms with Crippen LogP contribution in [0.1, 0.15) is 23.4 Å². The van der Waals surface area contributed by atoms with Crippen molar-refractivity contribution in [2.24, 2.45) is 5.92 Å². The molecule has 0 spiro atoms. The number of benzene rings is 1. The SMILES string of the molecule is Cc1ccc(-c2noc(C[C@H]3CCS(=O)(=O)C3)n2)cc1C. The molecule has 3 rings (SSSR count). The molecular weight excluding hydrogens is 288 g/mol. The minimum atomic E-state index is -2.86. The molecule has 1 aromatic carbocycles. The first-order valence-corrected chi connectivity index (χ1v) is 8.86. The molecule has 0 radical (unpaired) electrons. The first-order chi connectivity index (χ1) is 9.93. The van der Waals surface area contributed by atoms with Crippen LogP contribution in [0.2, 0.25) is 0 Å². The second-order valence-electron chi connectivity index (χ2n) is 5.78. The zero-order chi connectivity index (χ0) is 15.0. The Labute approximate surface area is 124 Å². The number of hydrogen-bond acceptors (Lipinski definition) is 5. The Morgan fingerprint density at radius 1 is 1.29 bits per heavy atom. The summed E-state index contributed by atoms with van der Waals surface area (Å²) in [5.41, 5.74) is 3.33. The van der Waals surface area contributed by atoms with Crippen molar-refractivity contribution in [2.75, 3.05) is 11.5 Å². The van der Waals surface area contributed by atoms with Crippen molar-refractivity contribution in [1.29, 1.82) is 0 Å². The van der Waals surface area contributed by atoms with Gasteiger partial charge in [-0.25, -0.2) is 8.42 Å². The van der Waals surface area contributed by atoms with Crippen molar-refractivity contribution in [2.45, 2.75) is 26.7 Å². The molecule has 1 fully saturated rings. The van der Waals surface area contributed by atoms with Gasteiger partial charge in [-0.2, -0.15) is 4.98 Å². The quantitative estimate of drug-likeness (QED) is 0.870. The Kier molecular flexibility index (Phi) is 3.57. The molecule has 0 amide bonds. The fourth-order valence-electron chi connectivity index (χ4n) is 2.62. The molecule has 0 bridgehead atoms. The largest absolute Gasteiger partial charge is 0.339 e. The normalized spacial score (nSPS) is 20.8. The number of hydrogen-bond donors (Lipinski definition) is 0. The van der Waals surface area contributed by atoms with Crippen molar-refractivity contribution in [3.05, 3.63) is 35.2 Å². The summed E-state index contributed by atoms with van der Waals surface area (Å²) in [4.78, 5) is 4.39. The molecule has 1 aliphatic rings. The molecule has 1 saturated heterocycles. The summed E-state index contributed by atoms with van der Waals surface area (Å²) in [5, 5.41) is 4.00. The van der Waals surface area contributed by atoms with E-state index in [1.165, 1.54) is 11.1 Å². The fraction of sp³-hybridized carbons (Fsp3) is 0.467. The molecule has 1 aliphatic heterocycles. The Hall–Kier alpha value is -1.69. The van der Waals surface area contributed by atoms with E-state index in [1.807, 2.05) is 25.1 Å². The van der Waals surface area contributed by atoms with Gasteiger partial charge in [0.1, 0.15) is 0 Å². The maximum atomic E-state index is 11.5. The molecule has 1 atom stereocenters. The van der Waals surface area contributed by atoms with E-state index in [0.29, 0.717) is 24.6 Å². The van der Waals surface area contributed by atoms with E-state index in [-0.39, 0.29) is 17.4 Å². The van der Waals surface area contributed by atoms with E-state index in [1.54, 1.807) is 0 Å². The highest BCUT2D eigenvalue weighted by molar-refractivity contribution is 7.91. The monoisotopic (exact) mass is 306 g/mol. The van der Waals surface area contributed by atoms with Gasteiger partial charge < -0.3 is 4.52 Å². The third kappa shape index (κ3) is 3.15. The summed E-state index contributed by atoms with van der Waals surface area (Å²) >= 11 is 0. The predicted octanol–water partition coefficient (Wildman–Crippen LogP) is 2.33. The molecule has 21 heavy (non-hydrogen) atoms. The number of nitrogens with zero attached hydrogens (tertiary/aromatic N) is 2. The van der Waals surface area contributed by atoms with Crippen LogP contribution >= 0.6 is 0 Å². The highest BCUT2D eigenvalue weighted by atomic mass is 32.2. The molecule has 2 aromatic rings. The molecule has 2 heterocycles. The van der Waals surface area contributed by atoms with Crippen LogP contribution in [0.3, 0.4) is 0 Å². The second-order valence-corrected chi connectivity index (χ2v) is 8.01. The van der Waals surface area contributed by atoms with Crippen molar-refractivity contribution in [3.63, 3.8) is 0 Å². The summed E-state index contributed by atoms with van der Waals surface area (Å²) in [7, 11) is -2.86. The minimum absolute atomic E-state index is 0.100. The lowest BCUT2D eigenvalue weighted by Crippen LogP contribution is -2.07. The summed E-state index contributed by atoms with van der Waals surface area (Å²) in [6.07, 6.45) is 1.22. The van der Waals surface area contributed by atoms with E-state index in [0.717, 1.165) is 5.56 Å². The third-order valence-corrected chi connectivity index (χ3v) is 5.86. The van der Waals surface area contributed by atoms with E-state index in [4.69, 9.17) is 4.52 Å². The van der Waals surface area contributed by atoms with E-state index >= 15 is 0 Å². The lowest BCUT2D eigenvalue weighted by molar-refractivity contribution is 0.359. The van der Waals surface area contributed by atoms with Gasteiger partial charge in [-0.1, -0.05) is 17.3 Å². The van der Waals surface area contributed by atoms with Gasteiger partial charge in [0, 0.05) is 12.0 Å². The van der Waals surface area contributed by atoms with Gasteiger partial charge in [0.05, 0.1) is 11.5 Å². The molecule has 0 unspecified atom stereocenters. The minimum Gasteiger partial charge on any atom is -0.339 e. The highest BCUT2D eigenvalue weighted by Gasteiger charge is 2.29. The van der Waals surface area contributed by atoms with E-state index in [2.05, 4.69) is 17.1 Å². The van der Waals surface area contributed by atoms with Gasteiger partial charge in [-0.15, -0.1) is 0 Å². The summed E-state index contributed by atoms with van der Waals surface area (Å²) in [6, 6.07) is 6.03.